The molecule has 3 saturated carbocycles. The third kappa shape index (κ3) is 3.77. The number of amides is 1. The molecule has 3 aliphatic carbocycles. The highest BCUT2D eigenvalue weighted by atomic mass is 16.2. The molecular formula is C27H41NO. The van der Waals surface area contributed by atoms with Crippen LogP contribution in [0.3, 0.4) is 0 Å². The lowest BCUT2D eigenvalue weighted by Gasteiger charge is -2.61. The second-order valence-electron chi connectivity index (χ2n) is 11.3. The number of fused-ring (bicyclic) bond motifs is 3. The van der Waals surface area contributed by atoms with E-state index in [1.165, 1.54) is 50.5 Å². The Hall–Kier alpha value is -1.31. The van der Waals surface area contributed by atoms with Crippen LogP contribution in [0.25, 0.3) is 0 Å². The minimum atomic E-state index is -0.207. The summed E-state index contributed by atoms with van der Waals surface area (Å²) in [6.45, 7) is 10.3. The number of hydrogen-bond donors (Lipinski definition) is 1. The molecule has 160 valence electrons. The van der Waals surface area contributed by atoms with Crippen molar-refractivity contribution >= 4 is 5.91 Å². The Balaban J connectivity index is 1.50. The molecule has 29 heavy (non-hydrogen) atoms. The van der Waals surface area contributed by atoms with Gasteiger partial charge in [-0.15, -0.1) is 0 Å². The Morgan fingerprint density at radius 2 is 1.83 bits per heavy atom. The summed E-state index contributed by atoms with van der Waals surface area (Å²) in [6, 6.07) is 10.3. The topological polar surface area (TPSA) is 29.1 Å². The van der Waals surface area contributed by atoms with Crippen molar-refractivity contribution in [1.29, 1.82) is 0 Å². The third-order valence-corrected chi connectivity index (χ3v) is 9.43. The number of carbonyl (C=O) groups excluding carboxylic acids is 1. The fraction of sp³-hybridized carbons (Fsp3) is 0.741. The van der Waals surface area contributed by atoms with E-state index < -0.39 is 0 Å². The quantitative estimate of drug-likeness (QED) is 0.611. The van der Waals surface area contributed by atoms with Crippen LogP contribution >= 0.6 is 0 Å². The first kappa shape index (κ1) is 20.9. The van der Waals surface area contributed by atoms with E-state index in [-0.39, 0.29) is 5.41 Å². The predicted octanol–water partition coefficient (Wildman–Crippen LogP) is 6.60. The van der Waals surface area contributed by atoms with E-state index >= 15 is 0 Å². The van der Waals surface area contributed by atoms with Gasteiger partial charge in [0.15, 0.2) is 0 Å². The summed E-state index contributed by atoms with van der Waals surface area (Å²) < 4.78 is 0. The van der Waals surface area contributed by atoms with Gasteiger partial charge in [0.05, 0.1) is 0 Å². The summed E-state index contributed by atoms with van der Waals surface area (Å²) in [5.74, 6) is 4.30. The molecule has 0 spiro atoms. The van der Waals surface area contributed by atoms with E-state index in [0.717, 1.165) is 30.1 Å². The molecule has 1 aromatic rings. The third-order valence-electron chi connectivity index (χ3n) is 9.43. The molecule has 0 aliphatic heterocycles. The fourth-order valence-electron chi connectivity index (χ4n) is 7.73. The van der Waals surface area contributed by atoms with Gasteiger partial charge in [-0.3, -0.25) is 4.79 Å². The largest absolute Gasteiger partial charge is 0.352 e. The number of benzene rings is 1. The molecule has 0 heterocycles. The molecule has 6 atom stereocenters. The standard InChI is InChI=1S/C27H41NO/c1-19(2)21-11-13-23-22(17-21)12-14-24-26(23,3)15-8-16-27(24,4)25(29)28-18-20-9-6-5-7-10-20/h5-7,9-10,19,21-24H,8,11-18H2,1-4H3,(H,28,29)/t21?,22?,23-,24+,26+,27+/m0/s1. The summed E-state index contributed by atoms with van der Waals surface area (Å²) >= 11 is 0. The number of nitrogens with one attached hydrogen (secondary N) is 1. The highest BCUT2D eigenvalue weighted by Crippen LogP contribution is 2.64. The average Bonchev–Trinajstić information content (AvgIpc) is 2.72. The molecule has 3 fully saturated rings. The van der Waals surface area contributed by atoms with Crippen LogP contribution in [-0.4, -0.2) is 5.91 Å². The smallest absolute Gasteiger partial charge is 0.226 e. The summed E-state index contributed by atoms with van der Waals surface area (Å²) in [5, 5.41) is 3.31. The number of rotatable bonds is 4. The zero-order valence-electron chi connectivity index (χ0n) is 19.0. The van der Waals surface area contributed by atoms with Crippen molar-refractivity contribution in [1.82, 2.24) is 5.32 Å². The molecule has 0 bridgehead atoms. The Morgan fingerprint density at radius 1 is 1.07 bits per heavy atom. The lowest BCUT2D eigenvalue weighted by atomic mass is 9.43. The lowest BCUT2D eigenvalue weighted by molar-refractivity contribution is -0.157. The molecule has 2 unspecified atom stereocenters. The minimum Gasteiger partial charge on any atom is -0.352 e. The van der Waals surface area contributed by atoms with Crippen LogP contribution in [-0.2, 0) is 11.3 Å². The van der Waals surface area contributed by atoms with Crippen LogP contribution < -0.4 is 5.32 Å². The van der Waals surface area contributed by atoms with Gasteiger partial charge in [-0.25, -0.2) is 0 Å². The van der Waals surface area contributed by atoms with Crippen molar-refractivity contribution in [3.63, 3.8) is 0 Å². The van der Waals surface area contributed by atoms with Gasteiger partial charge in [-0.05, 0) is 85.5 Å². The summed E-state index contributed by atoms with van der Waals surface area (Å²) in [5.41, 5.74) is 1.34. The van der Waals surface area contributed by atoms with Crippen LogP contribution in [0.2, 0.25) is 0 Å². The Labute approximate surface area is 178 Å². The van der Waals surface area contributed by atoms with Gasteiger partial charge >= 0.3 is 0 Å². The van der Waals surface area contributed by atoms with Gasteiger partial charge < -0.3 is 5.32 Å². The van der Waals surface area contributed by atoms with Gasteiger partial charge in [0, 0.05) is 12.0 Å². The first-order valence-corrected chi connectivity index (χ1v) is 12.2. The highest BCUT2D eigenvalue weighted by molar-refractivity contribution is 5.82. The molecule has 2 heteroatoms. The molecule has 3 aliphatic rings. The van der Waals surface area contributed by atoms with Crippen molar-refractivity contribution in [2.24, 2.45) is 40.4 Å². The number of carbonyl (C=O) groups is 1. The van der Waals surface area contributed by atoms with Crippen LogP contribution in [0.4, 0.5) is 0 Å². The minimum absolute atomic E-state index is 0.207. The van der Waals surface area contributed by atoms with E-state index in [9.17, 15) is 4.79 Å². The van der Waals surface area contributed by atoms with Crippen molar-refractivity contribution in [2.45, 2.75) is 85.6 Å². The van der Waals surface area contributed by atoms with Crippen LogP contribution in [0.1, 0.15) is 84.6 Å². The molecule has 4 rings (SSSR count). The van der Waals surface area contributed by atoms with E-state index in [1.807, 2.05) is 6.07 Å². The molecule has 0 aromatic heterocycles. The van der Waals surface area contributed by atoms with Crippen LogP contribution in [0.15, 0.2) is 30.3 Å². The van der Waals surface area contributed by atoms with Crippen molar-refractivity contribution in [3.8, 4) is 0 Å². The zero-order chi connectivity index (χ0) is 20.6. The Kier molecular flexibility index (Phi) is 5.84. The highest BCUT2D eigenvalue weighted by Gasteiger charge is 2.59. The fourth-order valence-corrected chi connectivity index (χ4v) is 7.73. The van der Waals surface area contributed by atoms with Crippen molar-refractivity contribution in [3.05, 3.63) is 35.9 Å². The van der Waals surface area contributed by atoms with Gasteiger partial charge in [0.1, 0.15) is 0 Å². The van der Waals surface area contributed by atoms with E-state index in [0.29, 0.717) is 23.8 Å². The molecule has 1 aromatic carbocycles. The maximum Gasteiger partial charge on any atom is 0.226 e. The van der Waals surface area contributed by atoms with Gasteiger partial charge in [0.2, 0.25) is 5.91 Å². The maximum absolute atomic E-state index is 13.5. The lowest BCUT2D eigenvalue weighted by Crippen LogP contribution is -2.57. The molecular weight excluding hydrogens is 354 g/mol. The molecule has 1 N–H and O–H groups in total. The SMILES string of the molecule is CC(C)C1CC[C@H]2C(CC[C@@H]3[C@]2(C)CCC[C@@]3(C)C(=O)NCc2ccccc2)C1. The zero-order valence-corrected chi connectivity index (χ0v) is 19.0. The Bertz CT molecular complexity index is 713. The van der Waals surface area contributed by atoms with Gasteiger partial charge in [0.25, 0.3) is 0 Å². The van der Waals surface area contributed by atoms with Crippen molar-refractivity contribution < 1.29 is 4.79 Å². The summed E-state index contributed by atoms with van der Waals surface area (Å²) in [6.07, 6.45) is 10.4. The molecule has 0 radical (unpaired) electrons. The molecule has 2 nitrogen and oxygen atoms in total. The summed E-state index contributed by atoms with van der Waals surface area (Å²) in [4.78, 5) is 13.5. The number of hydrogen-bond acceptors (Lipinski definition) is 1. The summed E-state index contributed by atoms with van der Waals surface area (Å²) in [7, 11) is 0. The van der Waals surface area contributed by atoms with E-state index in [1.54, 1.807) is 0 Å². The van der Waals surface area contributed by atoms with Crippen LogP contribution in [0.5, 0.6) is 0 Å². The van der Waals surface area contributed by atoms with Crippen molar-refractivity contribution in [2.75, 3.05) is 0 Å². The molecule has 0 saturated heterocycles. The van der Waals surface area contributed by atoms with Gasteiger partial charge in [-0.1, -0.05) is 64.4 Å². The van der Waals surface area contributed by atoms with E-state index in [2.05, 4.69) is 57.3 Å². The monoisotopic (exact) mass is 395 g/mol. The second kappa shape index (κ2) is 8.08. The first-order chi connectivity index (χ1) is 13.8. The Morgan fingerprint density at radius 3 is 2.55 bits per heavy atom. The molecule has 1 amide bonds. The predicted molar refractivity (Wildman–Crippen MR) is 120 cm³/mol. The maximum atomic E-state index is 13.5. The first-order valence-electron chi connectivity index (χ1n) is 12.2. The normalized spacial score (nSPS) is 39.5. The van der Waals surface area contributed by atoms with Crippen LogP contribution in [0, 0.1) is 40.4 Å². The second-order valence-corrected chi connectivity index (χ2v) is 11.3. The van der Waals surface area contributed by atoms with Gasteiger partial charge in [-0.2, -0.15) is 0 Å². The average molecular weight is 396 g/mol. The van der Waals surface area contributed by atoms with E-state index in [4.69, 9.17) is 0 Å².